The van der Waals surface area contributed by atoms with Crippen LogP contribution in [0.5, 0.6) is 5.75 Å². The fourth-order valence-corrected chi connectivity index (χ4v) is 1.38. The van der Waals surface area contributed by atoms with Gasteiger partial charge >= 0.3 is 0 Å². The van der Waals surface area contributed by atoms with Crippen LogP contribution in [-0.2, 0) is 6.42 Å². The highest BCUT2D eigenvalue weighted by Gasteiger charge is 2.15. The molecule has 0 aromatic heterocycles. The monoisotopic (exact) mass is 210 g/mol. The first kappa shape index (κ1) is 11.5. The molecule has 0 heterocycles. The molecule has 0 bridgehead atoms. The van der Waals surface area contributed by atoms with Crippen LogP contribution in [-0.4, -0.2) is 18.1 Å². The predicted molar refractivity (Wildman–Crippen MR) is 57.0 cm³/mol. The number of methoxy groups -OCH3 is 1. The molecule has 0 amide bonds. The zero-order valence-electron chi connectivity index (χ0n) is 8.77. The number of rotatable bonds is 4. The molecule has 0 aliphatic carbocycles. The van der Waals surface area contributed by atoms with Crippen LogP contribution in [0.2, 0.25) is 0 Å². The molecule has 5 nitrogen and oxygen atoms in total. The number of benzene rings is 1. The van der Waals surface area contributed by atoms with E-state index in [0.29, 0.717) is 17.7 Å². The van der Waals surface area contributed by atoms with Crippen LogP contribution < -0.4 is 10.5 Å². The lowest BCUT2D eigenvalue weighted by atomic mass is 10.1. The third kappa shape index (κ3) is 2.92. The van der Waals surface area contributed by atoms with Gasteiger partial charge in [-0.3, -0.25) is 10.1 Å². The Balaban J connectivity index is 3.10. The van der Waals surface area contributed by atoms with Gasteiger partial charge in [-0.1, -0.05) is 0 Å². The molecule has 1 atom stereocenters. The summed E-state index contributed by atoms with van der Waals surface area (Å²) in [5.74, 6) is 0.608. The Kier molecular flexibility index (Phi) is 3.62. The number of nitrogens with two attached hydrogens (primary N) is 1. The molecule has 0 saturated carbocycles. The fraction of sp³-hybridized carbons (Fsp3) is 0.400. The van der Waals surface area contributed by atoms with Gasteiger partial charge in [-0.15, -0.1) is 0 Å². The second kappa shape index (κ2) is 4.75. The molecule has 1 aromatic carbocycles. The van der Waals surface area contributed by atoms with Crippen LogP contribution >= 0.6 is 0 Å². The van der Waals surface area contributed by atoms with Gasteiger partial charge < -0.3 is 10.5 Å². The van der Waals surface area contributed by atoms with Crippen molar-refractivity contribution in [3.63, 3.8) is 0 Å². The Labute approximate surface area is 88.0 Å². The topological polar surface area (TPSA) is 78.4 Å². The minimum absolute atomic E-state index is 0.0908. The number of hydrogen-bond donors (Lipinski definition) is 1. The van der Waals surface area contributed by atoms with Crippen molar-refractivity contribution in [1.82, 2.24) is 0 Å². The van der Waals surface area contributed by atoms with E-state index in [2.05, 4.69) is 0 Å². The van der Waals surface area contributed by atoms with Crippen molar-refractivity contribution in [2.45, 2.75) is 19.4 Å². The lowest BCUT2D eigenvalue weighted by molar-refractivity contribution is -0.385. The molecule has 0 fully saturated rings. The van der Waals surface area contributed by atoms with Crippen LogP contribution in [0.1, 0.15) is 12.5 Å². The lowest BCUT2D eigenvalue weighted by Crippen LogP contribution is -2.18. The van der Waals surface area contributed by atoms with Gasteiger partial charge in [-0.2, -0.15) is 0 Å². The summed E-state index contributed by atoms with van der Waals surface area (Å²) >= 11 is 0. The van der Waals surface area contributed by atoms with E-state index in [4.69, 9.17) is 10.5 Å². The van der Waals surface area contributed by atoms with Gasteiger partial charge in [-0.05, 0) is 25.5 Å². The van der Waals surface area contributed by atoms with Crippen molar-refractivity contribution in [2.24, 2.45) is 5.73 Å². The molecule has 1 aromatic rings. The van der Waals surface area contributed by atoms with E-state index in [1.54, 1.807) is 12.1 Å². The minimum atomic E-state index is -0.406. The number of hydrogen-bond acceptors (Lipinski definition) is 4. The third-order valence-corrected chi connectivity index (χ3v) is 2.03. The summed E-state index contributed by atoms with van der Waals surface area (Å²) in [6, 6.07) is 4.55. The summed E-state index contributed by atoms with van der Waals surface area (Å²) in [6.45, 7) is 1.81. The molecule has 0 radical (unpaired) electrons. The fourth-order valence-electron chi connectivity index (χ4n) is 1.38. The van der Waals surface area contributed by atoms with Crippen LogP contribution in [0.3, 0.4) is 0 Å². The van der Waals surface area contributed by atoms with Crippen molar-refractivity contribution in [3.8, 4) is 5.75 Å². The Hall–Kier alpha value is -1.62. The highest BCUT2D eigenvalue weighted by molar-refractivity contribution is 5.45. The SMILES string of the molecule is COc1ccc([N+](=O)[O-])c(C[C@@H](C)N)c1. The van der Waals surface area contributed by atoms with Gasteiger partial charge in [0.15, 0.2) is 0 Å². The van der Waals surface area contributed by atoms with Crippen LogP contribution in [0, 0.1) is 10.1 Å². The van der Waals surface area contributed by atoms with Crippen molar-refractivity contribution in [3.05, 3.63) is 33.9 Å². The van der Waals surface area contributed by atoms with Gasteiger partial charge in [0.1, 0.15) is 5.75 Å². The molecule has 0 aliphatic rings. The second-order valence-electron chi connectivity index (χ2n) is 3.43. The third-order valence-electron chi connectivity index (χ3n) is 2.03. The van der Waals surface area contributed by atoms with Gasteiger partial charge in [0.2, 0.25) is 0 Å². The summed E-state index contributed by atoms with van der Waals surface area (Å²) in [5.41, 5.74) is 6.32. The van der Waals surface area contributed by atoms with Crippen LogP contribution in [0.4, 0.5) is 5.69 Å². The lowest BCUT2D eigenvalue weighted by Gasteiger charge is -2.07. The van der Waals surface area contributed by atoms with E-state index in [-0.39, 0.29) is 11.7 Å². The van der Waals surface area contributed by atoms with Gasteiger partial charge in [0.25, 0.3) is 5.69 Å². The average Bonchev–Trinajstić information content (AvgIpc) is 2.16. The summed E-state index contributed by atoms with van der Waals surface area (Å²) in [5, 5.41) is 10.7. The normalized spacial score (nSPS) is 12.2. The van der Waals surface area contributed by atoms with E-state index in [9.17, 15) is 10.1 Å². The summed E-state index contributed by atoms with van der Waals surface area (Å²) in [6.07, 6.45) is 0.466. The van der Waals surface area contributed by atoms with Crippen molar-refractivity contribution >= 4 is 5.69 Å². The number of nitro benzene ring substituents is 1. The predicted octanol–water partition coefficient (Wildman–Crippen LogP) is 1.49. The number of ether oxygens (including phenoxy) is 1. The first-order chi connectivity index (χ1) is 7.04. The van der Waals surface area contributed by atoms with Gasteiger partial charge in [0.05, 0.1) is 12.0 Å². The van der Waals surface area contributed by atoms with E-state index < -0.39 is 4.92 Å². The maximum atomic E-state index is 10.7. The van der Waals surface area contributed by atoms with Crippen molar-refractivity contribution in [2.75, 3.05) is 7.11 Å². The zero-order chi connectivity index (χ0) is 11.4. The molecule has 0 saturated heterocycles. The molecule has 5 heteroatoms. The quantitative estimate of drug-likeness (QED) is 0.603. The maximum Gasteiger partial charge on any atom is 0.272 e. The Morgan fingerprint density at radius 1 is 1.60 bits per heavy atom. The van der Waals surface area contributed by atoms with Gasteiger partial charge in [-0.25, -0.2) is 0 Å². The van der Waals surface area contributed by atoms with E-state index >= 15 is 0 Å². The van der Waals surface area contributed by atoms with E-state index in [1.165, 1.54) is 13.2 Å². The largest absolute Gasteiger partial charge is 0.497 e. The smallest absolute Gasteiger partial charge is 0.272 e. The zero-order valence-corrected chi connectivity index (χ0v) is 8.77. The average molecular weight is 210 g/mol. The highest BCUT2D eigenvalue weighted by Crippen LogP contribution is 2.24. The summed E-state index contributed by atoms with van der Waals surface area (Å²) in [7, 11) is 1.52. The standard InChI is InChI=1S/C10H14N2O3/c1-7(11)5-8-6-9(15-2)3-4-10(8)12(13)14/h3-4,6-7H,5,11H2,1-2H3/t7-/m1/s1. The molecule has 0 aliphatic heterocycles. The minimum Gasteiger partial charge on any atom is -0.497 e. The second-order valence-corrected chi connectivity index (χ2v) is 3.43. The Morgan fingerprint density at radius 2 is 2.27 bits per heavy atom. The van der Waals surface area contributed by atoms with Crippen molar-refractivity contribution < 1.29 is 9.66 Å². The van der Waals surface area contributed by atoms with Crippen LogP contribution in [0.15, 0.2) is 18.2 Å². The Bertz CT molecular complexity index is 364. The molecule has 15 heavy (non-hydrogen) atoms. The van der Waals surface area contributed by atoms with E-state index in [0.717, 1.165) is 0 Å². The molecular formula is C10H14N2O3. The molecular weight excluding hydrogens is 196 g/mol. The molecule has 1 rings (SSSR count). The molecule has 2 N–H and O–H groups in total. The molecule has 0 unspecified atom stereocenters. The molecule has 0 spiro atoms. The Morgan fingerprint density at radius 3 is 2.73 bits per heavy atom. The first-order valence-electron chi connectivity index (χ1n) is 4.61. The maximum absolute atomic E-state index is 10.7. The van der Waals surface area contributed by atoms with Gasteiger partial charge in [0, 0.05) is 17.7 Å². The van der Waals surface area contributed by atoms with E-state index in [1.807, 2.05) is 6.92 Å². The van der Waals surface area contributed by atoms with Crippen molar-refractivity contribution in [1.29, 1.82) is 0 Å². The number of nitro groups is 1. The molecule has 82 valence electrons. The summed E-state index contributed by atoms with van der Waals surface area (Å²) in [4.78, 5) is 10.3. The highest BCUT2D eigenvalue weighted by atomic mass is 16.6. The first-order valence-corrected chi connectivity index (χ1v) is 4.61. The summed E-state index contributed by atoms with van der Waals surface area (Å²) < 4.78 is 5.01. The van der Waals surface area contributed by atoms with Crippen LogP contribution in [0.25, 0.3) is 0 Å². The number of nitrogens with zero attached hydrogens (tertiary/aromatic N) is 1.